The molecule has 5 heteroatoms. The van der Waals surface area contributed by atoms with Crippen molar-refractivity contribution in [1.29, 1.82) is 0 Å². The van der Waals surface area contributed by atoms with Crippen LogP contribution in [0.3, 0.4) is 0 Å². The number of rotatable bonds is 5. The second kappa shape index (κ2) is 7.85. The zero-order chi connectivity index (χ0) is 18.7. The Morgan fingerprint density at radius 3 is 2.62 bits per heavy atom. The molecule has 0 saturated heterocycles. The largest absolute Gasteiger partial charge is 0.360 e. The average Bonchev–Trinajstić information content (AvgIpc) is 2.66. The number of amides is 1. The van der Waals surface area contributed by atoms with Gasteiger partial charge < -0.3 is 9.80 Å². The van der Waals surface area contributed by atoms with Gasteiger partial charge in [0, 0.05) is 44.1 Å². The molecule has 3 rings (SSSR count). The van der Waals surface area contributed by atoms with Gasteiger partial charge in [-0.15, -0.1) is 0 Å². The molecule has 26 heavy (non-hydrogen) atoms. The van der Waals surface area contributed by atoms with Gasteiger partial charge in [0.2, 0.25) is 5.91 Å². The van der Waals surface area contributed by atoms with E-state index in [0.717, 1.165) is 48.0 Å². The molecule has 138 valence electrons. The monoisotopic (exact) mass is 352 g/mol. The van der Waals surface area contributed by atoms with Gasteiger partial charge in [0.1, 0.15) is 5.82 Å². The lowest BCUT2D eigenvalue weighted by atomic mass is 10.0. The van der Waals surface area contributed by atoms with E-state index in [1.807, 2.05) is 42.3 Å². The molecule has 5 nitrogen and oxygen atoms in total. The fourth-order valence-corrected chi connectivity index (χ4v) is 3.27. The van der Waals surface area contributed by atoms with E-state index in [4.69, 9.17) is 9.97 Å². The highest BCUT2D eigenvalue weighted by Gasteiger charge is 2.27. The lowest BCUT2D eigenvalue weighted by molar-refractivity contribution is -0.132. The van der Waals surface area contributed by atoms with Crippen molar-refractivity contribution in [1.82, 2.24) is 14.9 Å². The molecule has 0 aliphatic carbocycles. The van der Waals surface area contributed by atoms with Crippen LogP contribution >= 0.6 is 0 Å². The van der Waals surface area contributed by atoms with Crippen molar-refractivity contribution in [2.45, 2.75) is 40.2 Å². The number of fused-ring (bicyclic) bond motifs is 1. The third-order valence-corrected chi connectivity index (χ3v) is 4.84. The molecule has 2 heterocycles. The van der Waals surface area contributed by atoms with Crippen LogP contribution in [0.5, 0.6) is 0 Å². The SMILES string of the molecule is CCN(C)c1nc(-c2ccccc2)nc2c1CN(C(=O)CC(C)C)CC2. The van der Waals surface area contributed by atoms with Gasteiger partial charge in [-0.25, -0.2) is 9.97 Å². The van der Waals surface area contributed by atoms with E-state index in [2.05, 4.69) is 25.7 Å². The summed E-state index contributed by atoms with van der Waals surface area (Å²) in [6, 6.07) is 10.1. The van der Waals surface area contributed by atoms with Gasteiger partial charge in [-0.1, -0.05) is 44.2 Å². The summed E-state index contributed by atoms with van der Waals surface area (Å²) >= 11 is 0. The second-order valence-corrected chi connectivity index (χ2v) is 7.34. The Morgan fingerprint density at radius 2 is 1.96 bits per heavy atom. The summed E-state index contributed by atoms with van der Waals surface area (Å²) in [6.07, 6.45) is 1.38. The smallest absolute Gasteiger partial charge is 0.223 e. The summed E-state index contributed by atoms with van der Waals surface area (Å²) in [5.74, 6) is 2.31. The highest BCUT2D eigenvalue weighted by molar-refractivity contribution is 5.77. The number of hydrogen-bond donors (Lipinski definition) is 0. The van der Waals surface area contributed by atoms with Gasteiger partial charge in [-0.05, 0) is 12.8 Å². The first-order valence-corrected chi connectivity index (χ1v) is 9.43. The summed E-state index contributed by atoms with van der Waals surface area (Å²) in [7, 11) is 2.05. The highest BCUT2D eigenvalue weighted by Crippen LogP contribution is 2.29. The van der Waals surface area contributed by atoms with Crippen molar-refractivity contribution in [2.24, 2.45) is 5.92 Å². The predicted octanol–water partition coefficient (Wildman–Crippen LogP) is 3.53. The molecule has 1 aliphatic rings. The van der Waals surface area contributed by atoms with Crippen LogP contribution in [0.2, 0.25) is 0 Å². The first-order chi connectivity index (χ1) is 12.5. The van der Waals surface area contributed by atoms with E-state index in [0.29, 0.717) is 18.9 Å². The van der Waals surface area contributed by atoms with Crippen LogP contribution in [0, 0.1) is 5.92 Å². The van der Waals surface area contributed by atoms with Gasteiger partial charge in [-0.3, -0.25) is 4.79 Å². The van der Waals surface area contributed by atoms with Gasteiger partial charge in [-0.2, -0.15) is 0 Å². The molecule has 1 aromatic carbocycles. The summed E-state index contributed by atoms with van der Waals surface area (Å²) in [5.41, 5.74) is 3.19. The summed E-state index contributed by atoms with van der Waals surface area (Å²) < 4.78 is 0. The lowest BCUT2D eigenvalue weighted by Crippen LogP contribution is -2.38. The van der Waals surface area contributed by atoms with Crippen LogP contribution in [0.25, 0.3) is 11.4 Å². The first-order valence-electron chi connectivity index (χ1n) is 9.43. The number of nitrogens with zero attached hydrogens (tertiary/aromatic N) is 4. The van der Waals surface area contributed by atoms with Crippen LogP contribution in [-0.2, 0) is 17.8 Å². The summed E-state index contributed by atoms with van der Waals surface area (Å²) in [6.45, 7) is 8.48. The standard InChI is InChI=1S/C21H28N4O/c1-5-24(4)21-17-14-25(19(26)13-15(2)3)12-11-18(17)22-20(23-21)16-9-7-6-8-10-16/h6-10,15H,5,11-14H2,1-4H3. The third-order valence-electron chi connectivity index (χ3n) is 4.84. The molecular weight excluding hydrogens is 324 g/mol. The molecule has 0 atom stereocenters. The molecule has 1 amide bonds. The van der Waals surface area contributed by atoms with Gasteiger partial charge in [0.25, 0.3) is 0 Å². The van der Waals surface area contributed by atoms with Crippen LogP contribution < -0.4 is 4.90 Å². The van der Waals surface area contributed by atoms with Crippen molar-refractivity contribution in [2.75, 3.05) is 25.0 Å². The quantitative estimate of drug-likeness (QED) is 0.826. The molecule has 0 unspecified atom stereocenters. The predicted molar refractivity (Wildman–Crippen MR) is 105 cm³/mol. The molecule has 0 spiro atoms. The minimum atomic E-state index is 0.225. The molecule has 0 saturated carbocycles. The normalized spacial score (nSPS) is 13.7. The minimum Gasteiger partial charge on any atom is -0.360 e. The third kappa shape index (κ3) is 3.87. The molecule has 0 N–H and O–H groups in total. The Morgan fingerprint density at radius 1 is 1.23 bits per heavy atom. The highest BCUT2D eigenvalue weighted by atomic mass is 16.2. The molecular formula is C21H28N4O. The fraction of sp³-hybridized carbons (Fsp3) is 0.476. The molecule has 0 radical (unpaired) electrons. The number of carbonyl (C=O) groups is 1. The van der Waals surface area contributed by atoms with E-state index < -0.39 is 0 Å². The Hall–Kier alpha value is -2.43. The van der Waals surface area contributed by atoms with Crippen LogP contribution in [-0.4, -0.2) is 40.9 Å². The Kier molecular flexibility index (Phi) is 5.55. The molecule has 1 aromatic heterocycles. The second-order valence-electron chi connectivity index (χ2n) is 7.34. The van der Waals surface area contributed by atoms with E-state index in [1.165, 1.54) is 0 Å². The van der Waals surface area contributed by atoms with E-state index in [-0.39, 0.29) is 5.91 Å². The zero-order valence-electron chi connectivity index (χ0n) is 16.2. The van der Waals surface area contributed by atoms with E-state index >= 15 is 0 Å². The number of anilines is 1. The number of hydrogen-bond acceptors (Lipinski definition) is 4. The van der Waals surface area contributed by atoms with Crippen molar-refractivity contribution >= 4 is 11.7 Å². The van der Waals surface area contributed by atoms with Crippen molar-refractivity contribution in [3.05, 3.63) is 41.6 Å². The topological polar surface area (TPSA) is 49.3 Å². The maximum atomic E-state index is 12.5. The first kappa shape index (κ1) is 18.4. The van der Waals surface area contributed by atoms with Crippen LogP contribution in [0.4, 0.5) is 5.82 Å². The maximum Gasteiger partial charge on any atom is 0.223 e. The maximum absolute atomic E-state index is 12.5. The van der Waals surface area contributed by atoms with E-state index in [1.54, 1.807) is 0 Å². The zero-order valence-corrected chi connectivity index (χ0v) is 16.2. The van der Waals surface area contributed by atoms with Gasteiger partial charge >= 0.3 is 0 Å². The molecule has 2 aromatic rings. The van der Waals surface area contributed by atoms with Crippen LogP contribution in [0.1, 0.15) is 38.4 Å². The number of aromatic nitrogens is 2. The molecule has 0 bridgehead atoms. The molecule has 1 aliphatic heterocycles. The van der Waals surface area contributed by atoms with Gasteiger partial charge in [0.15, 0.2) is 5.82 Å². The Labute approximate surface area is 156 Å². The lowest BCUT2D eigenvalue weighted by Gasteiger charge is -2.32. The van der Waals surface area contributed by atoms with Crippen molar-refractivity contribution in [3.63, 3.8) is 0 Å². The Balaban J connectivity index is 1.98. The number of benzene rings is 1. The summed E-state index contributed by atoms with van der Waals surface area (Å²) in [4.78, 5) is 26.3. The number of carbonyl (C=O) groups excluding carboxylic acids is 1. The van der Waals surface area contributed by atoms with E-state index in [9.17, 15) is 4.79 Å². The average molecular weight is 352 g/mol. The van der Waals surface area contributed by atoms with Gasteiger partial charge in [0.05, 0.1) is 12.2 Å². The van der Waals surface area contributed by atoms with Crippen molar-refractivity contribution < 1.29 is 4.79 Å². The Bertz CT molecular complexity index is 773. The van der Waals surface area contributed by atoms with Crippen molar-refractivity contribution in [3.8, 4) is 11.4 Å². The fourth-order valence-electron chi connectivity index (χ4n) is 3.27. The molecule has 0 fully saturated rings. The summed E-state index contributed by atoms with van der Waals surface area (Å²) in [5, 5.41) is 0. The van der Waals surface area contributed by atoms with Crippen LogP contribution in [0.15, 0.2) is 30.3 Å². The minimum absolute atomic E-state index is 0.225.